The molecule has 0 aliphatic rings. The summed E-state index contributed by atoms with van der Waals surface area (Å²) in [6, 6.07) is 12.0. The first-order valence-electron chi connectivity index (χ1n) is 5.93. The van der Waals surface area contributed by atoms with Gasteiger partial charge in [-0.15, -0.1) is 0 Å². The van der Waals surface area contributed by atoms with Crippen LogP contribution in [0.25, 0.3) is 0 Å². The fourth-order valence-corrected chi connectivity index (χ4v) is 1.81. The second kappa shape index (κ2) is 5.97. The zero-order chi connectivity index (χ0) is 14.5. The number of rotatable bonds is 4. The van der Waals surface area contributed by atoms with E-state index in [0.717, 1.165) is 0 Å². The lowest BCUT2D eigenvalue weighted by atomic mass is 10.0. The lowest BCUT2D eigenvalue weighted by molar-refractivity contribution is -0.115. The van der Waals surface area contributed by atoms with E-state index in [1.54, 1.807) is 24.3 Å². The first-order chi connectivity index (χ1) is 9.58. The van der Waals surface area contributed by atoms with Gasteiger partial charge < -0.3 is 10.4 Å². The molecule has 0 aliphatic carbocycles. The Morgan fingerprint density at radius 2 is 1.70 bits per heavy atom. The Balaban J connectivity index is 2.13. The van der Waals surface area contributed by atoms with Gasteiger partial charge in [0.2, 0.25) is 5.91 Å². The summed E-state index contributed by atoms with van der Waals surface area (Å²) in [5.74, 6) is -2.10. The van der Waals surface area contributed by atoms with Gasteiger partial charge in [0.25, 0.3) is 0 Å². The molecule has 0 saturated carbocycles. The third-order valence-corrected chi connectivity index (χ3v) is 2.75. The molecule has 4 nitrogen and oxygen atoms in total. The molecule has 1 amide bonds. The fraction of sp³-hybridized carbons (Fsp3) is 0.0667. The number of carboxylic acid groups (broad SMARTS) is 1. The molecule has 2 aromatic rings. The minimum Gasteiger partial charge on any atom is -0.478 e. The summed E-state index contributed by atoms with van der Waals surface area (Å²) in [5, 5.41) is 11.4. The molecule has 0 aromatic heterocycles. The van der Waals surface area contributed by atoms with Crippen LogP contribution in [0.1, 0.15) is 15.9 Å². The van der Waals surface area contributed by atoms with E-state index in [-0.39, 0.29) is 17.7 Å². The number of para-hydroxylation sites is 1. The number of benzene rings is 2. The fourth-order valence-electron chi connectivity index (χ4n) is 1.81. The van der Waals surface area contributed by atoms with E-state index in [9.17, 15) is 14.0 Å². The van der Waals surface area contributed by atoms with E-state index in [1.807, 2.05) is 0 Å². The number of aromatic carboxylic acids is 1. The highest BCUT2D eigenvalue weighted by atomic mass is 19.1. The predicted octanol–water partition coefficient (Wildman–Crippen LogP) is 2.71. The minimum atomic E-state index is -1.10. The average Bonchev–Trinajstić information content (AvgIpc) is 2.41. The maximum atomic E-state index is 13.4. The number of carbonyl (C=O) groups is 2. The van der Waals surface area contributed by atoms with Crippen LogP contribution in [-0.2, 0) is 11.2 Å². The van der Waals surface area contributed by atoms with E-state index in [0.29, 0.717) is 5.56 Å². The van der Waals surface area contributed by atoms with Crippen molar-refractivity contribution >= 4 is 17.6 Å². The van der Waals surface area contributed by atoms with Gasteiger partial charge in [0.15, 0.2) is 0 Å². The molecule has 0 radical (unpaired) electrons. The Labute approximate surface area is 114 Å². The van der Waals surface area contributed by atoms with E-state index >= 15 is 0 Å². The summed E-state index contributed by atoms with van der Waals surface area (Å²) < 4.78 is 13.4. The zero-order valence-electron chi connectivity index (χ0n) is 10.5. The van der Waals surface area contributed by atoms with Gasteiger partial charge in [-0.25, -0.2) is 9.18 Å². The normalized spacial score (nSPS) is 10.1. The molecule has 5 heteroatoms. The summed E-state index contributed by atoms with van der Waals surface area (Å²) in [7, 11) is 0. The minimum absolute atomic E-state index is 0.0659. The van der Waals surface area contributed by atoms with Gasteiger partial charge in [-0.2, -0.15) is 0 Å². The van der Waals surface area contributed by atoms with Crippen molar-refractivity contribution in [3.63, 3.8) is 0 Å². The van der Waals surface area contributed by atoms with Crippen LogP contribution in [0.4, 0.5) is 10.1 Å². The van der Waals surface area contributed by atoms with Crippen molar-refractivity contribution in [2.75, 3.05) is 5.32 Å². The second-order valence-electron chi connectivity index (χ2n) is 4.17. The molecule has 0 fully saturated rings. The Morgan fingerprint density at radius 3 is 2.40 bits per heavy atom. The molecule has 0 unspecified atom stereocenters. The van der Waals surface area contributed by atoms with Gasteiger partial charge in [-0.3, -0.25) is 4.79 Å². The monoisotopic (exact) mass is 273 g/mol. The van der Waals surface area contributed by atoms with E-state index in [4.69, 9.17) is 5.11 Å². The number of hydrogen-bond donors (Lipinski definition) is 2. The molecule has 20 heavy (non-hydrogen) atoms. The van der Waals surface area contributed by atoms with Crippen molar-refractivity contribution in [3.05, 3.63) is 65.5 Å². The molecule has 0 spiro atoms. The van der Waals surface area contributed by atoms with Crippen LogP contribution in [0.5, 0.6) is 0 Å². The molecular formula is C15H12FNO3. The van der Waals surface area contributed by atoms with E-state index in [1.165, 1.54) is 24.3 Å². The molecule has 2 aromatic carbocycles. The maximum absolute atomic E-state index is 13.4. The van der Waals surface area contributed by atoms with Crippen LogP contribution < -0.4 is 5.32 Å². The quantitative estimate of drug-likeness (QED) is 0.900. The highest BCUT2D eigenvalue weighted by Crippen LogP contribution is 2.14. The molecule has 0 saturated heterocycles. The number of anilines is 1. The SMILES string of the molecule is O=C(Cc1ccccc1C(=O)O)Nc1ccccc1F. The number of amides is 1. The van der Waals surface area contributed by atoms with E-state index < -0.39 is 17.7 Å². The summed E-state index contributed by atoms with van der Waals surface area (Å²) >= 11 is 0. The molecule has 2 rings (SSSR count). The van der Waals surface area contributed by atoms with Gasteiger partial charge in [0.1, 0.15) is 5.82 Å². The number of halogens is 1. The van der Waals surface area contributed by atoms with Crippen molar-refractivity contribution in [2.24, 2.45) is 0 Å². The third kappa shape index (κ3) is 3.20. The van der Waals surface area contributed by atoms with Crippen molar-refractivity contribution < 1.29 is 19.1 Å². The van der Waals surface area contributed by atoms with Crippen molar-refractivity contribution in [2.45, 2.75) is 6.42 Å². The number of hydrogen-bond acceptors (Lipinski definition) is 2. The Morgan fingerprint density at radius 1 is 1.05 bits per heavy atom. The van der Waals surface area contributed by atoms with Crippen molar-refractivity contribution in [1.82, 2.24) is 0 Å². The summed E-state index contributed by atoms with van der Waals surface area (Å²) in [6.07, 6.45) is -0.128. The highest BCUT2D eigenvalue weighted by Gasteiger charge is 2.13. The van der Waals surface area contributed by atoms with Gasteiger partial charge in [0, 0.05) is 0 Å². The highest BCUT2D eigenvalue weighted by molar-refractivity contribution is 5.96. The number of carbonyl (C=O) groups excluding carboxylic acids is 1. The summed E-state index contributed by atoms with van der Waals surface area (Å²) in [6.45, 7) is 0. The summed E-state index contributed by atoms with van der Waals surface area (Å²) in [4.78, 5) is 22.9. The predicted molar refractivity (Wildman–Crippen MR) is 72.1 cm³/mol. The maximum Gasteiger partial charge on any atom is 0.335 e. The number of nitrogens with one attached hydrogen (secondary N) is 1. The van der Waals surface area contributed by atoms with Crippen LogP contribution in [0.3, 0.4) is 0 Å². The Bertz CT molecular complexity index is 655. The first kappa shape index (κ1) is 13.7. The molecule has 0 heterocycles. The summed E-state index contributed by atoms with van der Waals surface area (Å²) in [5.41, 5.74) is 0.523. The Kier molecular flexibility index (Phi) is 4.10. The van der Waals surface area contributed by atoms with Crippen LogP contribution in [-0.4, -0.2) is 17.0 Å². The van der Waals surface area contributed by atoms with Crippen molar-refractivity contribution in [3.8, 4) is 0 Å². The molecule has 102 valence electrons. The average molecular weight is 273 g/mol. The largest absolute Gasteiger partial charge is 0.478 e. The van der Waals surface area contributed by atoms with Crippen molar-refractivity contribution in [1.29, 1.82) is 0 Å². The number of carboxylic acids is 1. The van der Waals surface area contributed by atoms with Crippen LogP contribution in [0.2, 0.25) is 0 Å². The third-order valence-electron chi connectivity index (χ3n) is 2.75. The van der Waals surface area contributed by atoms with E-state index in [2.05, 4.69) is 5.32 Å². The van der Waals surface area contributed by atoms with Crippen LogP contribution in [0.15, 0.2) is 48.5 Å². The topological polar surface area (TPSA) is 66.4 Å². The van der Waals surface area contributed by atoms with Crippen LogP contribution in [0, 0.1) is 5.82 Å². The van der Waals surface area contributed by atoms with Gasteiger partial charge in [-0.05, 0) is 23.8 Å². The lowest BCUT2D eigenvalue weighted by Crippen LogP contribution is -2.17. The molecule has 2 N–H and O–H groups in total. The van der Waals surface area contributed by atoms with Gasteiger partial charge in [-0.1, -0.05) is 30.3 Å². The first-order valence-corrected chi connectivity index (χ1v) is 5.93. The van der Waals surface area contributed by atoms with Gasteiger partial charge >= 0.3 is 5.97 Å². The second-order valence-corrected chi connectivity index (χ2v) is 4.17. The molecular weight excluding hydrogens is 261 g/mol. The molecule has 0 aliphatic heterocycles. The van der Waals surface area contributed by atoms with Gasteiger partial charge in [0.05, 0.1) is 17.7 Å². The smallest absolute Gasteiger partial charge is 0.335 e. The standard InChI is InChI=1S/C15H12FNO3/c16-12-7-3-4-8-13(12)17-14(18)9-10-5-1-2-6-11(10)15(19)20/h1-8H,9H2,(H,17,18)(H,19,20). The zero-order valence-corrected chi connectivity index (χ0v) is 10.5. The lowest BCUT2D eigenvalue weighted by Gasteiger charge is -2.08. The Hall–Kier alpha value is -2.69. The molecule has 0 bridgehead atoms. The molecule has 0 atom stereocenters. The van der Waals surface area contributed by atoms with Crippen LogP contribution >= 0.6 is 0 Å².